The van der Waals surface area contributed by atoms with Gasteiger partial charge in [0.05, 0.1) is 0 Å². The zero-order chi connectivity index (χ0) is 19.6. The monoisotopic (exact) mass is 364 g/mol. The van der Waals surface area contributed by atoms with Gasteiger partial charge in [-0.15, -0.1) is 0 Å². The van der Waals surface area contributed by atoms with E-state index in [1.54, 1.807) is 0 Å². The molecule has 0 atom stereocenters. The van der Waals surface area contributed by atoms with E-state index in [9.17, 15) is 9.59 Å². The van der Waals surface area contributed by atoms with Gasteiger partial charge in [0.25, 0.3) is 0 Å². The third kappa shape index (κ3) is 11.6. The highest BCUT2D eigenvalue weighted by atomic mass is 16.1. The molecule has 0 amide bonds. The van der Waals surface area contributed by atoms with E-state index in [1.807, 2.05) is 13.8 Å². The first-order chi connectivity index (χ1) is 12.6. The molecule has 0 aliphatic rings. The highest BCUT2D eigenvalue weighted by Gasteiger charge is 2.18. The van der Waals surface area contributed by atoms with Gasteiger partial charge < -0.3 is 0 Å². The number of hydrogen-bond donors (Lipinski definition) is 0. The predicted octanol–water partition coefficient (Wildman–Crippen LogP) is 7.74. The van der Waals surface area contributed by atoms with Crippen LogP contribution in [0.3, 0.4) is 0 Å². The van der Waals surface area contributed by atoms with Crippen LogP contribution in [0.2, 0.25) is 0 Å². The summed E-state index contributed by atoms with van der Waals surface area (Å²) >= 11 is 0. The molecule has 2 heteroatoms. The zero-order valence-electron chi connectivity index (χ0n) is 18.1. The summed E-state index contributed by atoms with van der Waals surface area (Å²) in [6.45, 7) is 8.29. The maximum Gasteiger partial charge on any atom is 0.158 e. The number of allylic oxidation sites excluding steroid dienone is 2. The number of carbonyl (C=O) groups is 2. The largest absolute Gasteiger partial charge is 0.295 e. The molecule has 0 bridgehead atoms. The summed E-state index contributed by atoms with van der Waals surface area (Å²) in [7, 11) is 0. The summed E-state index contributed by atoms with van der Waals surface area (Å²) in [5, 5.41) is 0. The van der Waals surface area contributed by atoms with Crippen LogP contribution in [0.4, 0.5) is 0 Å². The van der Waals surface area contributed by atoms with E-state index in [0.717, 1.165) is 36.8 Å². The van der Waals surface area contributed by atoms with Gasteiger partial charge in [0, 0.05) is 24.0 Å². The van der Waals surface area contributed by atoms with Crippen molar-refractivity contribution in [3.63, 3.8) is 0 Å². The molecule has 0 rings (SSSR count). The molecule has 0 radical (unpaired) electrons. The lowest BCUT2D eigenvalue weighted by molar-refractivity contribution is -0.118. The summed E-state index contributed by atoms with van der Waals surface area (Å²) in [5.41, 5.74) is 1.73. The molecular weight excluding hydrogens is 320 g/mol. The van der Waals surface area contributed by atoms with E-state index >= 15 is 0 Å². The van der Waals surface area contributed by atoms with Crippen molar-refractivity contribution < 1.29 is 9.59 Å². The molecule has 0 fully saturated rings. The molecule has 0 saturated heterocycles. The zero-order valence-corrected chi connectivity index (χ0v) is 18.1. The Labute approximate surface area is 163 Å². The Balaban J connectivity index is 4.78. The molecule has 0 aromatic heterocycles. The minimum atomic E-state index is 0.196. The second-order valence-electron chi connectivity index (χ2n) is 7.55. The Kier molecular flexibility index (Phi) is 16.9. The SMILES string of the molecule is CCCCCCCCC(C(=O)CC)=C(CCCCCCCC)C(=O)CC. The molecule has 0 unspecified atom stereocenters. The van der Waals surface area contributed by atoms with E-state index in [1.165, 1.54) is 64.2 Å². The van der Waals surface area contributed by atoms with Crippen molar-refractivity contribution in [2.75, 3.05) is 0 Å². The summed E-state index contributed by atoms with van der Waals surface area (Å²) in [6.07, 6.45) is 17.2. The number of unbranched alkanes of at least 4 members (excludes halogenated alkanes) is 10. The average molecular weight is 365 g/mol. The molecule has 0 aromatic rings. The fourth-order valence-corrected chi connectivity index (χ4v) is 3.51. The third-order valence-electron chi connectivity index (χ3n) is 5.24. The van der Waals surface area contributed by atoms with Crippen LogP contribution in [0.15, 0.2) is 11.1 Å². The molecule has 0 saturated carbocycles. The third-order valence-corrected chi connectivity index (χ3v) is 5.24. The van der Waals surface area contributed by atoms with Crippen LogP contribution in [0, 0.1) is 0 Å². The van der Waals surface area contributed by atoms with Gasteiger partial charge >= 0.3 is 0 Å². The standard InChI is InChI=1S/C24H44O2/c1-5-9-11-13-15-17-19-21(23(25)7-3)22(24(26)8-4)20-18-16-14-12-10-6-2/h5-20H2,1-4H3. The van der Waals surface area contributed by atoms with E-state index in [2.05, 4.69) is 13.8 Å². The van der Waals surface area contributed by atoms with Crippen LogP contribution in [0.1, 0.15) is 130 Å². The van der Waals surface area contributed by atoms with Gasteiger partial charge in [-0.2, -0.15) is 0 Å². The normalized spacial score (nSPS) is 12.2. The molecule has 0 aliphatic heterocycles. The lowest BCUT2D eigenvalue weighted by atomic mass is 9.89. The summed E-state index contributed by atoms with van der Waals surface area (Å²) in [6, 6.07) is 0. The van der Waals surface area contributed by atoms with Gasteiger partial charge in [-0.1, -0.05) is 91.9 Å². The Morgan fingerprint density at radius 1 is 0.462 bits per heavy atom. The van der Waals surface area contributed by atoms with Gasteiger partial charge in [0.15, 0.2) is 11.6 Å². The molecule has 2 nitrogen and oxygen atoms in total. The van der Waals surface area contributed by atoms with E-state index in [4.69, 9.17) is 0 Å². The smallest absolute Gasteiger partial charge is 0.158 e. The Morgan fingerprint density at radius 3 is 1.08 bits per heavy atom. The van der Waals surface area contributed by atoms with Crippen molar-refractivity contribution in [3.8, 4) is 0 Å². The van der Waals surface area contributed by atoms with Crippen LogP contribution in [-0.4, -0.2) is 11.6 Å². The lowest BCUT2D eigenvalue weighted by Crippen LogP contribution is -2.12. The molecule has 26 heavy (non-hydrogen) atoms. The second-order valence-corrected chi connectivity index (χ2v) is 7.55. The number of Topliss-reactive ketones (excluding diaryl/α,β-unsaturated/α-hetero) is 2. The first kappa shape index (κ1) is 25.1. The fraction of sp³-hybridized carbons (Fsp3) is 0.833. The molecule has 0 spiro atoms. The van der Waals surface area contributed by atoms with Crippen LogP contribution in [-0.2, 0) is 9.59 Å². The summed E-state index contributed by atoms with van der Waals surface area (Å²) in [5.74, 6) is 0.391. The van der Waals surface area contributed by atoms with Crippen molar-refractivity contribution in [3.05, 3.63) is 11.1 Å². The minimum Gasteiger partial charge on any atom is -0.295 e. The number of rotatable bonds is 18. The molecule has 0 N–H and O–H groups in total. The first-order valence-corrected chi connectivity index (χ1v) is 11.4. The predicted molar refractivity (Wildman–Crippen MR) is 114 cm³/mol. The Hall–Kier alpha value is -0.920. The van der Waals surface area contributed by atoms with Crippen molar-refractivity contribution in [1.29, 1.82) is 0 Å². The molecular formula is C24H44O2. The van der Waals surface area contributed by atoms with Crippen LogP contribution in [0.25, 0.3) is 0 Å². The van der Waals surface area contributed by atoms with Crippen molar-refractivity contribution in [2.24, 2.45) is 0 Å². The molecule has 0 heterocycles. The quantitative estimate of drug-likeness (QED) is 0.184. The number of hydrogen-bond acceptors (Lipinski definition) is 2. The summed E-state index contributed by atoms with van der Waals surface area (Å²) in [4.78, 5) is 25.0. The topological polar surface area (TPSA) is 34.1 Å². The van der Waals surface area contributed by atoms with Crippen molar-refractivity contribution in [2.45, 2.75) is 130 Å². The summed E-state index contributed by atoms with van der Waals surface area (Å²) < 4.78 is 0. The van der Waals surface area contributed by atoms with E-state index in [0.29, 0.717) is 12.8 Å². The van der Waals surface area contributed by atoms with Crippen LogP contribution in [0.5, 0.6) is 0 Å². The molecule has 0 aromatic carbocycles. The lowest BCUT2D eigenvalue weighted by Gasteiger charge is -2.14. The maximum absolute atomic E-state index is 12.5. The minimum absolute atomic E-state index is 0.196. The van der Waals surface area contributed by atoms with Crippen molar-refractivity contribution in [1.82, 2.24) is 0 Å². The van der Waals surface area contributed by atoms with E-state index in [-0.39, 0.29) is 11.6 Å². The maximum atomic E-state index is 12.5. The van der Waals surface area contributed by atoms with Crippen LogP contribution < -0.4 is 0 Å². The van der Waals surface area contributed by atoms with Crippen molar-refractivity contribution >= 4 is 11.6 Å². The van der Waals surface area contributed by atoms with Crippen LogP contribution >= 0.6 is 0 Å². The second kappa shape index (κ2) is 17.5. The highest BCUT2D eigenvalue weighted by molar-refractivity contribution is 6.06. The van der Waals surface area contributed by atoms with Gasteiger partial charge in [-0.05, 0) is 25.7 Å². The molecule has 152 valence electrons. The number of ketones is 2. The Morgan fingerprint density at radius 2 is 0.769 bits per heavy atom. The fourth-order valence-electron chi connectivity index (χ4n) is 3.51. The van der Waals surface area contributed by atoms with Gasteiger partial charge in [0.1, 0.15) is 0 Å². The first-order valence-electron chi connectivity index (χ1n) is 11.4. The highest BCUT2D eigenvalue weighted by Crippen LogP contribution is 2.23. The van der Waals surface area contributed by atoms with Gasteiger partial charge in [0.2, 0.25) is 0 Å². The average Bonchev–Trinajstić information content (AvgIpc) is 2.66. The molecule has 0 aliphatic carbocycles. The Bertz CT molecular complexity index is 368. The van der Waals surface area contributed by atoms with Gasteiger partial charge in [-0.3, -0.25) is 9.59 Å². The number of carbonyl (C=O) groups excluding carboxylic acids is 2. The van der Waals surface area contributed by atoms with E-state index < -0.39 is 0 Å². The van der Waals surface area contributed by atoms with Gasteiger partial charge in [-0.25, -0.2) is 0 Å².